The topological polar surface area (TPSA) is 102 Å². The van der Waals surface area contributed by atoms with Gasteiger partial charge in [0, 0.05) is 17.3 Å². The van der Waals surface area contributed by atoms with E-state index in [1.54, 1.807) is 24.3 Å². The number of nitrogens with one attached hydrogen (secondary N) is 1. The largest absolute Gasteiger partial charge is 0.454 e. The molecule has 0 fully saturated rings. The van der Waals surface area contributed by atoms with Crippen LogP contribution in [0.15, 0.2) is 42.5 Å². The fraction of sp³-hybridized carbons (Fsp3) is 0.222. The number of fused-ring (bicyclic) bond motifs is 1. The molecule has 0 aliphatic carbocycles. The number of hydrogen-bond donors (Lipinski definition) is 1. The van der Waals surface area contributed by atoms with E-state index in [0.717, 1.165) is 10.6 Å². The average molecular weight is 390 g/mol. The van der Waals surface area contributed by atoms with Crippen LogP contribution < -0.4 is 19.1 Å². The molecule has 0 spiro atoms. The summed E-state index contributed by atoms with van der Waals surface area (Å²) in [6, 6.07) is 11.1. The van der Waals surface area contributed by atoms with Crippen molar-refractivity contribution in [1.82, 2.24) is 0 Å². The normalized spacial score (nSPS) is 12.5. The molecule has 0 saturated carbocycles. The maximum Gasteiger partial charge on any atom is 0.245 e. The quantitative estimate of drug-likeness (QED) is 0.757. The van der Waals surface area contributed by atoms with Gasteiger partial charge in [-0.2, -0.15) is 0 Å². The van der Waals surface area contributed by atoms with Gasteiger partial charge >= 0.3 is 0 Å². The van der Waals surface area contributed by atoms with Gasteiger partial charge in [0.1, 0.15) is 6.54 Å². The number of hydrogen-bond acceptors (Lipinski definition) is 6. The van der Waals surface area contributed by atoms with Gasteiger partial charge < -0.3 is 14.8 Å². The first-order valence-electron chi connectivity index (χ1n) is 8.02. The highest BCUT2D eigenvalue weighted by molar-refractivity contribution is 7.92. The zero-order valence-electron chi connectivity index (χ0n) is 14.8. The monoisotopic (exact) mass is 390 g/mol. The molecule has 0 aromatic heterocycles. The van der Waals surface area contributed by atoms with Crippen LogP contribution in [0.5, 0.6) is 11.5 Å². The number of Topliss-reactive ketones (excluding diaryl/α,β-unsaturated/α-hetero) is 1. The summed E-state index contributed by atoms with van der Waals surface area (Å²) in [5.41, 5.74) is 1.14. The molecule has 1 heterocycles. The maximum atomic E-state index is 12.4. The second kappa shape index (κ2) is 7.28. The van der Waals surface area contributed by atoms with Crippen LogP contribution in [-0.4, -0.2) is 39.7 Å². The highest BCUT2D eigenvalue weighted by Gasteiger charge is 2.24. The summed E-state index contributed by atoms with van der Waals surface area (Å²) in [7, 11) is -3.72. The lowest BCUT2D eigenvalue weighted by molar-refractivity contribution is -0.114. The standard InChI is InChI=1S/C18H18N2O6S/c1-12(21)13-4-3-5-14(8-13)19-18(22)10-20(27(2,23)24)15-6-7-16-17(9-15)26-11-25-16/h3-9H,10-11H2,1-2H3,(H,19,22). The summed E-state index contributed by atoms with van der Waals surface area (Å²) in [4.78, 5) is 23.8. The van der Waals surface area contributed by atoms with E-state index in [2.05, 4.69) is 5.32 Å². The van der Waals surface area contributed by atoms with Crippen molar-refractivity contribution in [3.63, 3.8) is 0 Å². The van der Waals surface area contributed by atoms with E-state index in [0.29, 0.717) is 22.7 Å². The number of rotatable bonds is 6. The van der Waals surface area contributed by atoms with Crippen LogP contribution in [-0.2, 0) is 14.8 Å². The molecule has 1 aliphatic rings. The van der Waals surface area contributed by atoms with Crippen LogP contribution >= 0.6 is 0 Å². The second-order valence-corrected chi connectivity index (χ2v) is 7.90. The third-order valence-corrected chi connectivity index (χ3v) is 5.03. The number of anilines is 2. The predicted octanol–water partition coefficient (Wildman–Crippen LogP) is 2.02. The lowest BCUT2D eigenvalue weighted by atomic mass is 10.1. The number of benzene rings is 2. The lowest BCUT2D eigenvalue weighted by Gasteiger charge is -2.22. The van der Waals surface area contributed by atoms with Crippen LogP contribution in [0.4, 0.5) is 11.4 Å². The average Bonchev–Trinajstić information content (AvgIpc) is 3.06. The summed E-state index contributed by atoms with van der Waals surface area (Å²) in [5, 5.41) is 2.61. The molecule has 0 bridgehead atoms. The molecular formula is C18H18N2O6S. The Balaban J connectivity index is 1.80. The summed E-state index contributed by atoms with van der Waals surface area (Å²) < 4.78 is 35.8. The summed E-state index contributed by atoms with van der Waals surface area (Å²) in [6.07, 6.45) is 1.02. The zero-order valence-corrected chi connectivity index (χ0v) is 15.6. The van der Waals surface area contributed by atoms with E-state index < -0.39 is 22.5 Å². The van der Waals surface area contributed by atoms with Crippen LogP contribution in [0.2, 0.25) is 0 Å². The Hall–Kier alpha value is -3.07. The van der Waals surface area contributed by atoms with Crippen molar-refractivity contribution in [3.8, 4) is 11.5 Å². The highest BCUT2D eigenvalue weighted by atomic mass is 32.2. The van der Waals surface area contributed by atoms with Crippen molar-refractivity contribution < 1.29 is 27.5 Å². The third-order valence-electron chi connectivity index (χ3n) is 3.88. The van der Waals surface area contributed by atoms with E-state index in [1.165, 1.54) is 25.1 Å². The minimum absolute atomic E-state index is 0.0602. The molecule has 2 aromatic carbocycles. The Kier molecular flexibility index (Phi) is 5.04. The first-order valence-corrected chi connectivity index (χ1v) is 9.87. The zero-order chi connectivity index (χ0) is 19.6. The number of carbonyl (C=O) groups excluding carboxylic acids is 2. The van der Waals surface area contributed by atoms with Crippen molar-refractivity contribution in [2.24, 2.45) is 0 Å². The Bertz CT molecular complexity index is 1000. The van der Waals surface area contributed by atoms with Gasteiger partial charge in [0.2, 0.25) is 22.7 Å². The van der Waals surface area contributed by atoms with Crippen molar-refractivity contribution in [1.29, 1.82) is 0 Å². The van der Waals surface area contributed by atoms with Crippen molar-refractivity contribution >= 4 is 33.1 Å². The van der Waals surface area contributed by atoms with E-state index in [4.69, 9.17) is 9.47 Å². The SMILES string of the molecule is CC(=O)c1cccc(NC(=O)CN(c2ccc3c(c2)OCO3)S(C)(=O)=O)c1. The Morgan fingerprint density at radius 3 is 2.56 bits per heavy atom. The maximum absolute atomic E-state index is 12.4. The Morgan fingerprint density at radius 2 is 1.85 bits per heavy atom. The van der Waals surface area contributed by atoms with Gasteiger partial charge in [0.15, 0.2) is 17.3 Å². The van der Waals surface area contributed by atoms with E-state index in [-0.39, 0.29) is 18.3 Å². The van der Waals surface area contributed by atoms with Gasteiger partial charge in [-0.05, 0) is 31.2 Å². The third kappa shape index (κ3) is 4.37. The molecule has 8 nitrogen and oxygen atoms in total. The number of nitrogens with zero attached hydrogens (tertiary/aromatic N) is 1. The molecule has 0 unspecified atom stereocenters. The summed E-state index contributed by atoms with van der Waals surface area (Å²) in [5.74, 6) is 0.247. The minimum Gasteiger partial charge on any atom is -0.454 e. The predicted molar refractivity (Wildman–Crippen MR) is 99.8 cm³/mol. The van der Waals surface area contributed by atoms with Crippen molar-refractivity contribution in [2.45, 2.75) is 6.92 Å². The van der Waals surface area contributed by atoms with Crippen molar-refractivity contribution in [3.05, 3.63) is 48.0 Å². The lowest BCUT2D eigenvalue weighted by Crippen LogP contribution is -2.37. The molecular weight excluding hydrogens is 372 g/mol. The van der Waals surface area contributed by atoms with Gasteiger partial charge in [0.05, 0.1) is 11.9 Å². The summed E-state index contributed by atoms with van der Waals surface area (Å²) in [6.45, 7) is 1.05. The number of ether oxygens (including phenoxy) is 2. The number of carbonyl (C=O) groups is 2. The minimum atomic E-state index is -3.72. The first kappa shape index (κ1) is 18.7. The molecule has 0 radical (unpaired) electrons. The second-order valence-electron chi connectivity index (χ2n) is 5.99. The van der Waals surface area contributed by atoms with Crippen LogP contribution in [0.25, 0.3) is 0 Å². The molecule has 142 valence electrons. The number of amides is 1. The molecule has 2 aromatic rings. The Morgan fingerprint density at radius 1 is 1.11 bits per heavy atom. The fourth-order valence-electron chi connectivity index (χ4n) is 2.59. The summed E-state index contributed by atoms with van der Waals surface area (Å²) >= 11 is 0. The molecule has 1 amide bonds. The number of ketones is 1. The molecule has 1 aliphatic heterocycles. The van der Waals surface area contributed by atoms with Crippen LogP contribution in [0.1, 0.15) is 17.3 Å². The van der Waals surface area contributed by atoms with Gasteiger partial charge in [0.25, 0.3) is 0 Å². The van der Waals surface area contributed by atoms with Gasteiger partial charge in [-0.3, -0.25) is 13.9 Å². The highest BCUT2D eigenvalue weighted by Crippen LogP contribution is 2.36. The Labute approximate surface area is 156 Å². The van der Waals surface area contributed by atoms with Gasteiger partial charge in [-0.15, -0.1) is 0 Å². The van der Waals surface area contributed by atoms with Crippen LogP contribution in [0, 0.1) is 0 Å². The van der Waals surface area contributed by atoms with Gasteiger partial charge in [-0.1, -0.05) is 12.1 Å². The molecule has 27 heavy (non-hydrogen) atoms. The molecule has 0 atom stereocenters. The van der Waals surface area contributed by atoms with Crippen LogP contribution in [0.3, 0.4) is 0 Å². The van der Waals surface area contributed by atoms with E-state index >= 15 is 0 Å². The van der Waals surface area contributed by atoms with E-state index in [1.807, 2.05) is 0 Å². The molecule has 3 rings (SSSR count). The van der Waals surface area contributed by atoms with Gasteiger partial charge in [-0.25, -0.2) is 8.42 Å². The molecule has 1 N–H and O–H groups in total. The first-order chi connectivity index (χ1) is 12.7. The smallest absolute Gasteiger partial charge is 0.245 e. The van der Waals surface area contributed by atoms with Crippen molar-refractivity contribution in [2.75, 3.05) is 29.2 Å². The molecule has 9 heteroatoms. The number of sulfonamides is 1. The molecule has 0 saturated heterocycles. The van der Waals surface area contributed by atoms with E-state index in [9.17, 15) is 18.0 Å². The fourth-order valence-corrected chi connectivity index (χ4v) is 3.44.